The molecular formula is C19H26N2O3. The molecule has 24 heavy (non-hydrogen) atoms. The van der Waals surface area contributed by atoms with Gasteiger partial charge < -0.3 is 14.2 Å². The summed E-state index contributed by atoms with van der Waals surface area (Å²) in [4.78, 5) is 14.6. The normalized spacial score (nSPS) is 21.1. The number of nitrogens with zero attached hydrogens (tertiary/aromatic N) is 1. The Bertz CT molecular complexity index is 570. The van der Waals surface area contributed by atoms with E-state index in [0.717, 1.165) is 17.9 Å². The molecule has 2 atom stereocenters. The molecule has 0 aliphatic heterocycles. The van der Waals surface area contributed by atoms with Crippen LogP contribution in [0.3, 0.4) is 0 Å². The van der Waals surface area contributed by atoms with E-state index in [0.29, 0.717) is 31.6 Å². The minimum Gasteiger partial charge on any atom is -0.468 e. The van der Waals surface area contributed by atoms with Crippen molar-refractivity contribution < 1.29 is 13.6 Å². The van der Waals surface area contributed by atoms with Crippen molar-refractivity contribution in [2.24, 2.45) is 5.92 Å². The Morgan fingerprint density at radius 2 is 1.75 bits per heavy atom. The molecule has 0 saturated heterocycles. The Hall–Kier alpha value is -2.01. The summed E-state index contributed by atoms with van der Waals surface area (Å²) in [6, 6.07) is 7.89. The second-order valence-corrected chi connectivity index (χ2v) is 6.74. The smallest absolute Gasteiger partial charge is 0.234 e. The first kappa shape index (κ1) is 16.8. The standard InChI is InChI=1S/C19H26N2O3/c1-15-6-2-3-9-18(15)20-19(22)14-21(12-16-7-4-10-23-16)13-17-8-5-11-24-17/h4-5,7-8,10-11,15,18H,2-3,6,9,12-14H2,1H3,(H,20,22)/t15-,18-/m1/s1. The van der Waals surface area contributed by atoms with Crippen molar-refractivity contribution in [3.05, 3.63) is 48.3 Å². The lowest BCUT2D eigenvalue weighted by atomic mass is 9.86. The predicted octanol–water partition coefficient (Wildman–Crippen LogP) is 3.57. The summed E-state index contributed by atoms with van der Waals surface area (Å²) in [5, 5.41) is 3.22. The second-order valence-electron chi connectivity index (χ2n) is 6.74. The van der Waals surface area contributed by atoms with Crippen LogP contribution in [0.15, 0.2) is 45.6 Å². The highest BCUT2D eigenvalue weighted by Gasteiger charge is 2.24. The maximum absolute atomic E-state index is 12.5. The third-order valence-corrected chi connectivity index (χ3v) is 4.74. The first-order valence-corrected chi connectivity index (χ1v) is 8.77. The molecule has 3 rings (SSSR count). The zero-order chi connectivity index (χ0) is 16.8. The van der Waals surface area contributed by atoms with Crippen molar-refractivity contribution in [3.63, 3.8) is 0 Å². The number of furan rings is 2. The maximum atomic E-state index is 12.5. The van der Waals surface area contributed by atoms with Crippen LogP contribution in [0, 0.1) is 5.92 Å². The third kappa shape index (κ3) is 4.74. The van der Waals surface area contributed by atoms with E-state index in [1.54, 1.807) is 12.5 Å². The molecule has 5 nitrogen and oxygen atoms in total. The Morgan fingerprint density at radius 3 is 2.29 bits per heavy atom. The average Bonchev–Trinajstić information content (AvgIpc) is 3.23. The zero-order valence-electron chi connectivity index (χ0n) is 14.2. The number of hydrogen-bond acceptors (Lipinski definition) is 4. The van der Waals surface area contributed by atoms with Gasteiger partial charge in [0.15, 0.2) is 0 Å². The zero-order valence-corrected chi connectivity index (χ0v) is 14.2. The lowest BCUT2D eigenvalue weighted by Crippen LogP contribution is -2.45. The molecule has 2 aromatic rings. The Labute approximate surface area is 143 Å². The SMILES string of the molecule is C[C@@H]1CCCC[C@H]1NC(=O)CN(Cc1ccco1)Cc1ccco1. The molecule has 0 spiro atoms. The van der Waals surface area contributed by atoms with E-state index in [4.69, 9.17) is 8.83 Å². The van der Waals surface area contributed by atoms with E-state index in [2.05, 4.69) is 12.2 Å². The van der Waals surface area contributed by atoms with Crippen molar-refractivity contribution in [2.75, 3.05) is 6.54 Å². The molecule has 2 heterocycles. The lowest BCUT2D eigenvalue weighted by Gasteiger charge is -2.30. The Morgan fingerprint density at radius 1 is 1.12 bits per heavy atom. The monoisotopic (exact) mass is 330 g/mol. The third-order valence-electron chi connectivity index (χ3n) is 4.74. The van der Waals surface area contributed by atoms with Crippen molar-refractivity contribution in [1.82, 2.24) is 10.2 Å². The molecule has 1 saturated carbocycles. The fraction of sp³-hybridized carbons (Fsp3) is 0.526. The minimum absolute atomic E-state index is 0.0758. The fourth-order valence-electron chi connectivity index (χ4n) is 3.40. The molecule has 130 valence electrons. The van der Waals surface area contributed by atoms with Crippen molar-refractivity contribution in [2.45, 2.75) is 51.7 Å². The van der Waals surface area contributed by atoms with Crippen LogP contribution in [0.2, 0.25) is 0 Å². The molecule has 1 aliphatic carbocycles. The van der Waals surface area contributed by atoms with Crippen LogP contribution in [0.1, 0.15) is 44.1 Å². The number of carbonyl (C=O) groups is 1. The van der Waals surface area contributed by atoms with Gasteiger partial charge in [0.2, 0.25) is 5.91 Å². The van der Waals surface area contributed by atoms with E-state index in [1.807, 2.05) is 29.2 Å². The summed E-state index contributed by atoms with van der Waals surface area (Å²) < 4.78 is 10.9. The van der Waals surface area contributed by atoms with Gasteiger partial charge in [-0.05, 0) is 43.0 Å². The van der Waals surface area contributed by atoms with Gasteiger partial charge in [-0.15, -0.1) is 0 Å². The summed E-state index contributed by atoms with van der Waals surface area (Å²) in [5.41, 5.74) is 0. The highest BCUT2D eigenvalue weighted by molar-refractivity contribution is 5.78. The van der Waals surface area contributed by atoms with Crippen molar-refractivity contribution >= 4 is 5.91 Å². The van der Waals surface area contributed by atoms with Crippen LogP contribution in [-0.2, 0) is 17.9 Å². The van der Waals surface area contributed by atoms with Crippen LogP contribution in [0.25, 0.3) is 0 Å². The van der Waals surface area contributed by atoms with Crippen LogP contribution < -0.4 is 5.32 Å². The molecule has 2 aromatic heterocycles. The molecule has 0 bridgehead atoms. The van der Waals surface area contributed by atoms with Gasteiger partial charge in [-0.2, -0.15) is 0 Å². The topological polar surface area (TPSA) is 58.6 Å². The second kappa shape index (κ2) is 8.20. The highest BCUT2D eigenvalue weighted by atomic mass is 16.3. The van der Waals surface area contributed by atoms with Crippen LogP contribution >= 0.6 is 0 Å². The summed E-state index contributed by atoms with van der Waals surface area (Å²) in [6.07, 6.45) is 8.08. The average molecular weight is 330 g/mol. The number of hydrogen-bond donors (Lipinski definition) is 1. The first-order valence-electron chi connectivity index (χ1n) is 8.77. The van der Waals surface area contributed by atoms with Crippen molar-refractivity contribution in [3.8, 4) is 0 Å². The van der Waals surface area contributed by atoms with E-state index in [9.17, 15) is 4.79 Å². The predicted molar refractivity (Wildman–Crippen MR) is 91.1 cm³/mol. The molecular weight excluding hydrogens is 304 g/mol. The van der Waals surface area contributed by atoms with E-state index >= 15 is 0 Å². The van der Waals surface area contributed by atoms with E-state index in [1.165, 1.54) is 19.3 Å². The largest absolute Gasteiger partial charge is 0.468 e. The molecule has 1 aliphatic rings. The molecule has 0 unspecified atom stereocenters. The van der Waals surface area contributed by atoms with Gasteiger partial charge in [0.25, 0.3) is 0 Å². The molecule has 1 amide bonds. The van der Waals surface area contributed by atoms with Crippen molar-refractivity contribution in [1.29, 1.82) is 0 Å². The van der Waals surface area contributed by atoms with Crippen LogP contribution in [0.5, 0.6) is 0 Å². The first-order chi connectivity index (χ1) is 11.7. The molecule has 0 radical (unpaired) electrons. The van der Waals surface area contributed by atoms with Gasteiger partial charge in [-0.1, -0.05) is 19.8 Å². The van der Waals surface area contributed by atoms with Gasteiger partial charge in [0, 0.05) is 6.04 Å². The number of amides is 1. The highest BCUT2D eigenvalue weighted by Crippen LogP contribution is 2.23. The Kier molecular flexibility index (Phi) is 5.75. The summed E-state index contributed by atoms with van der Waals surface area (Å²) in [5.74, 6) is 2.33. The number of carbonyl (C=O) groups excluding carboxylic acids is 1. The number of rotatable bonds is 7. The van der Waals surface area contributed by atoms with Gasteiger partial charge >= 0.3 is 0 Å². The molecule has 5 heteroatoms. The maximum Gasteiger partial charge on any atom is 0.234 e. The summed E-state index contributed by atoms with van der Waals surface area (Å²) >= 11 is 0. The molecule has 1 fully saturated rings. The van der Waals surface area contributed by atoms with Gasteiger partial charge in [0.05, 0.1) is 32.2 Å². The van der Waals surface area contributed by atoms with Gasteiger partial charge in [-0.25, -0.2) is 0 Å². The minimum atomic E-state index is 0.0758. The van der Waals surface area contributed by atoms with E-state index in [-0.39, 0.29) is 5.91 Å². The molecule has 0 aromatic carbocycles. The lowest BCUT2D eigenvalue weighted by molar-refractivity contribution is -0.123. The summed E-state index contributed by atoms with van der Waals surface area (Å²) in [6.45, 7) is 3.74. The van der Waals surface area contributed by atoms with Gasteiger partial charge in [0.1, 0.15) is 11.5 Å². The summed E-state index contributed by atoms with van der Waals surface area (Å²) in [7, 11) is 0. The van der Waals surface area contributed by atoms with E-state index < -0.39 is 0 Å². The van der Waals surface area contributed by atoms with Gasteiger partial charge in [-0.3, -0.25) is 9.69 Å². The van der Waals surface area contributed by atoms with Crippen LogP contribution in [-0.4, -0.2) is 23.4 Å². The van der Waals surface area contributed by atoms with Crippen LogP contribution in [0.4, 0.5) is 0 Å². The fourth-order valence-corrected chi connectivity index (χ4v) is 3.40. The number of nitrogens with one attached hydrogen (secondary N) is 1. The quantitative estimate of drug-likeness (QED) is 0.843. The molecule has 1 N–H and O–H groups in total. The Balaban J connectivity index is 1.58.